The van der Waals surface area contributed by atoms with Gasteiger partial charge in [-0.2, -0.15) is 0 Å². The number of allylic oxidation sites excluding steroid dienone is 1. The Bertz CT molecular complexity index is 833. The van der Waals surface area contributed by atoms with E-state index in [1.807, 2.05) is 54.6 Å². The van der Waals surface area contributed by atoms with Crippen molar-refractivity contribution < 1.29 is 13.9 Å². The van der Waals surface area contributed by atoms with Crippen molar-refractivity contribution in [3.63, 3.8) is 0 Å². The van der Waals surface area contributed by atoms with Crippen molar-refractivity contribution in [1.82, 2.24) is 0 Å². The molecule has 0 aliphatic rings. The molecule has 0 N–H and O–H groups in total. The summed E-state index contributed by atoms with van der Waals surface area (Å²) in [6.45, 7) is 0.346. The molecule has 1 aromatic heterocycles. The van der Waals surface area contributed by atoms with E-state index in [2.05, 4.69) is 15.9 Å². The highest BCUT2D eigenvalue weighted by molar-refractivity contribution is 9.10. The average molecular weight is 383 g/mol. The average Bonchev–Trinajstić information content (AvgIpc) is 3.07. The smallest absolute Gasteiger partial charge is 0.185 e. The molecule has 3 aromatic rings. The van der Waals surface area contributed by atoms with E-state index in [4.69, 9.17) is 9.15 Å². The van der Waals surface area contributed by atoms with Crippen LogP contribution < -0.4 is 4.74 Å². The van der Waals surface area contributed by atoms with Gasteiger partial charge in [-0.1, -0.05) is 34.1 Å². The predicted octanol–water partition coefficient (Wildman–Crippen LogP) is 5.52. The van der Waals surface area contributed by atoms with E-state index < -0.39 is 0 Å². The molecule has 120 valence electrons. The number of rotatable bonds is 6. The van der Waals surface area contributed by atoms with Crippen LogP contribution in [0.4, 0.5) is 0 Å². The first-order valence-electron chi connectivity index (χ1n) is 7.45. The van der Waals surface area contributed by atoms with E-state index in [0.717, 1.165) is 10.2 Å². The molecule has 0 spiro atoms. The Morgan fingerprint density at radius 3 is 2.50 bits per heavy atom. The number of ether oxygens (including phenoxy) is 1. The molecule has 4 heteroatoms. The van der Waals surface area contributed by atoms with Crippen LogP contribution in [0.3, 0.4) is 0 Å². The van der Waals surface area contributed by atoms with Gasteiger partial charge in [0.25, 0.3) is 0 Å². The number of ketones is 1. The van der Waals surface area contributed by atoms with Gasteiger partial charge in [0.05, 0.1) is 0 Å². The number of para-hydroxylation sites is 1. The molecule has 3 nitrogen and oxygen atoms in total. The maximum atomic E-state index is 12.1. The molecule has 0 aliphatic carbocycles. The quantitative estimate of drug-likeness (QED) is 0.416. The monoisotopic (exact) mass is 382 g/mol. The molecule has 2 aromatic carbocycles. The number of furan rings is 1. The minimum Gasteiger partial charge on any atom is -0.486 e. The van der Waals surface area contributed by atoms with Crippen molar-refractivity contribution in [2.75, 3.05) is 0 Å². The number of carbonyl (C=O) groups is 1. The molecule has 0 saturated heterocycles. The highest BCUT2D eigenvalue weighted by Crippen LogP contribution is 2.16. The van der Waals surface area contributed by atoms with Crippen LogP contribution >= 0.6 is 15.9 Å². The third-order valence-electron chi connectivity index (χ3n) is 3.33. The van der Waals surface area contributed by atoms with Crippen LogP contribution in [-0.4, -0.2) is 5.78 Å². The second-order valence-corrected chi connectivity index (χ2v) is 6.03. The molecule has 0 bridgehead atoms. The van der Waals surface area contributed by atoms with Gasteiger partial charge in [0, 0.05) is 10.0 Å². The molecule has 3 rings (SSSR count). The fourth-order valence-corrected chi connectivity index (χ4v) is 2.37. The fourth-order valence-electron chi connectivity index (χ4n) is 2.10. The molecular weight excluding hydrogens is 368 g/mol. The molecule has 0 radical (unpaired) electrons. The SMILES string of the molecule is O=C(/C=C/c1ccc(COc2ccccc2)o1)c1ccc(Br)cc1. The lowest BCUT2D eigenvalue weighted by molar-refractivity contribution is 0.104. The molecule has 24 heavy (non-hydrogen) atoms. The third-order valence-corrected chi connectivity index (χ3v) is 3.86. The Kier molecular flexibility index (Phi) is 5.29. The first-order chi connectivity index (χ1) is 11.7. The molecule has 0 unspecified atom stereocenters. The van der Waals surface area contributed by atoms with Gasteiger partial charge in [-0.05, 0) is 60.7 Å². The summed E-state index contributed by atoms with van der Waals surface area (Å²) in [5.74, 6) is 2.04. The Balaban J connectivity index is 1.59. The van der Waals surface area contributed by atoms with Crippen molar-refractivity contribution in [2.24, 2.45) is 0 Å². The zero-order valence-corrected chi connectivity index (χ0v) is 14.4. The summed E-state index contributed by atoms with van der Waals surface area (Å²) in [4.78, 5) is 12.1. The van der Waals surface area contributed by atoms with Crippen LogP contribution in [0, 0.1) is 0 Å². The van der Waals surface area contributed by atoms with Gasteiger partial charge in [-0.3, -0.25) is 4.79 Å². The Hall–Kier alpha value is -2.59. The van der Waals surface area contributed by atoms with E-state index in [9.17, 15) is 4.79 Å². The Morgan fingerprint density at radius 2 is 1.75 bits per heavy atom. The van der Waals surface area contributed by atoms with Crippen molar-refractivity contribution in [3.8, 4) is 5.75 Å². The maximum Gasteiger partial charge on any atom is 0.185 e. The van der Waals surface area contributed by atoms with Crippen molar-refractivity contribution >= 4 is 27.8 Å². The third kappa shape index (κ3) is 4.46. The van der Waals surface area contributed by atoms with Gasteiger partial charge in [0.1, 0.15) is 23.9 Å². The molecular formula is C20H15BrO3. The number of benzene rings is 2. The largest absolute Gasteiger partial charge is 0.486 e. The lowest BCUT2D eigenvalue weighted by Gasteiger charge is -2.02. The van der Waals surface area contributed by atoms with Crippen LogP contribution in [-0.2, 0) is 6.61 Å². The van der Waals surface area contributed by atoms with E-state index in [-0.39, 0.29) is 5.78 Å². The number of hydrogen-bond donors (Lipinski definition) is 0. The van der Waals surface area contributed by atoms with Gasteiger partial charge >= 0.3 is 0 Å². The number of hydrogen-bond acceptors (Lipinski definition) is 3. The Labute approximate surface area is 148 Å². The van der Waals surface area contributed by atoms with Gasteiger partial charge in [0.15, 0.2) is 5.78 Å². The first-order valence-corrected chi connectivity index (χ1v) is 8.24. The van der Waals surface area contributed by atoms with Crippen LogP contribution in [0.1, 0.15) is 21.9 Å². The maximum absolute atomic E-state index is 12.1. The molecule has 0 amide bonds. The number of halogens is 1. The van der Waals surface area contributed by atoms with Gasteiger partial charge in [-0.15, -0.1) is 0 Å². The zero-order valence-electron chi connectivity index (χ0n) is 12.8. The fraction of sp³-hybridized carbons (Fsp3) is 0.0500. The predicted molar refractivity (Wildman–Crippen MR) is 97.0 cm³/mol. The highest BCUT2D eigenvalue weighted by atomic mass is 79.9. The van der Waals surface area contributed by atoms with Crippen molar-refractivity contribution in [1.29, 1.82) is 0 Å². The topological polar surface area (TPSA) is 39.4 Å². The van der Waals surface area contributed by atoms with E-state index in [1.165, 1.54) is 6.08 Å². The van der Waals surface area contributed by atoms with Crippen LogP contribution in [0.25, 0.3) is 6.08 Å². The van der Waals surface area contributed by atoms with E-state index >= 15 is 0 Å². The Morgan fingerprint density at radius 1 is 1.00 bits per heavy atom. The van der Waals surface area contributed by atoms with Gasteiger partial charge in [-0.25, -0.2) is 0 Å². The minimum atomic E-state index is -0.0685. The van der Waals surface area contributed by atoms with Crippen LogP contribution in [0.5, 0.6) is 5.75 Å². The summed E-state index contributed by atoms with van der Waals surface area (Å²) in [6, 6.07) is 20.4. The second-order valence-electron chi connectivity index (χ2n) is 5.11. The van der Waals surface area contributed by atoms with Crippen LogP contribution in [0.2, 0.25) is 0 Å². The summed E-state index contributed by atoms with van der Waals surface area (Å²) in [7, 11) is 0. The first kappa shape index (κ1) is 16.3. The second kappa shape index (κ2) is 7.79. The van der Waals surface area contributed by atoms with Gasteiger partial charge in [0.2, 0.25) is 0 Å². The molecule has 0 fully saturated rings. The molecule has 1 heterocycles. The molecule has 0 saturated carbocycles. The van der Waals surface area contributed by atoms with Gasteiger partial charge < -0.3 is 9.15 Å². The summed E-state index contributed by atoms with van der Waals surface area (Å²) in [5, 5.41) is 0. The number of carbonyl (C=O) groups excluding carboxylic acids is 1. The lowest BCUT2D eigenvalue weighted by Crippen LogP contribution is -1.93. The standard InChI is InChI=1S/C20H15BrO3/c21-16-8-6-15(7-9-16)20(22)13-12-18-10-11-19(24-18)14-23-17-4-2-1-3-5-17/h1-13H,14H2/b13-12+. The molecule has 0 aliphatic heterocycles. The van der Waals surface area contributed by atoms with E-state index in [0.29, 0.717) is 23.7 Å². The van der Waals surface area contributed by atoms with Crippen LogP contribution in [0.15, 0.2) is 81.7 Å². The summed E-state index contributed by atoms with van der Waals surface area (Å²) < 4.78 is 12.2. The zero-order chi connectivity index (χ0) is 16.8. The summed E-state index contributed by atoms with van der Waals surface area (Å²) >= 11 is 3.35. The normalized spacial score (nSPS) is 10.9. The summed E-state index contributed by atoms with van der Waals surface area (Å²) in [5.41, 5.74) is 0.633. The summed E-state index contributed by atoms with van der Waals surface area (Å²) in [6.07, 6.45) is 3.17. The lowest BCUT2D eigenvalue weighted by atomic mass is 10.1. The van der Waals surface area contributed by atoms with E-state index in [1.54, 1.807) is 18.2 Å². The van der Waals surface area contributed by atoms with Crippen molar-refractivity contribution in [3.05, 3.63) is 94.4 Å². The molecule has 0 atom stereocenters. The minimum absolute atomic E-state index is 0.0685. The highest BCUT2D eigenvalue weighted by Gasteiger charge is 2.04. The van der Waals surface area contributed by atoms with Crippen molar-refractivity contribution in [2.45, 2.75) is 6.61 Å².